The first-order valence-electron chi connectivity index (χ1n) is 12.0. The minimum atomic E-state index is -0.905. The maximum atomic E-state index is 13.7. The summed E-state index contributed by atoms with van der Waals surface area (Å²) in [6, 6.07) is 14.5. The molecule has 0 aromatic heterocycles. The largest absolute Gasteiger partial charge is 0.481 e. The summed E-state index contributed by atoms with van der Waals surface area (Å²) in [5, 5.41) is 9.72. The Kier molecular flexibility index (Phi) is 5.94. The summed E-state index contributed by atoms with van der Waals surface area (Å²) in [6.45, 7) is 0.702. The molecule has 7 heteroatoms. The Bertz CT molecular complexity index is 1120. The fraction of sp³-hybridized carbons (Fsp3) is 0.407. The van der Waals surface area contributed by atoms with Gasteiger partial charge in [-0.3, -0.25) is 24.1 Å². The van der Waals surface area contributed by atoms with E-state index < -0.39 is 17.8 Å². The number of nitrogens with zero attached hydrogens (tertiary/aromatic N) is 2. The van der Waals surface area contributed by atoms with Gasteiger partial charge >= 0.3 is 5.97 Å². The second-order valence-corrected chi connectivity index (χ2v) is 9.43. The highest BCUT2D eigenvalue weighted by molar-refractivity contribution is 6.21. The number of carbonyl (C=O) groups is 4. The van der Waals surface area contributed by atoms with Crippen LogP contribution in [0.15, 0.2) is 48.5 Å². The van der Waals surface area contributed by atoms with Crippen LogP contribution in [0.1, 0.15) is 70.0 Å². The number of hydrogen-bond donors (Lipinski definition) is 1. The minimum Gasteiger partial charge on any atom is -0.481 e. The molecule has 0 saturated heterocycles. The molecule has 3 aliphatic rings. The number of aliphatic carboxylic acids is 1. The summed E-state index contributed by atoms with van der Waals surface area (Å²) in [6.07, 6.45) is 3.90. The Hall–Kier alpha value is -3.48. The maximum Gasteiger partial charge on any atom is 0.307 e. The van der Waals surface area contributed by atoms with E-state index in [9.17, 15) is 24.3 Å². The molecule has 0 radical (unpaired) electrons. The van der Waals surface area contributed by atoms with Crippen molar-refractivity contribution in [3.05, 3.63) is 70.8 Å². The maximum absolute atomic E-state index is 13.7. The Labute approximate surface area is 198 Å². The van der Waals surface area contributed by atoms with Crippen molar-refractivity contribution in [1.82, 2.24) is 9.80 Å². The molecule has 5 rings (SSSR count). The smallest absolute Gasteiger partial charge is 0.307 e. The van der Waals surface area contributed by atoms with E-state index in [0.717, 1.165) is 24.0 Å². The molecule has 1 fully saturated rings. The molecular formula is C27H28N2O5. The van der Waals surface area contributed by atoms with E-state index in [1.165, 1.54) is 4.90 Å². The number of carboxylic acids is 1. The third-order valence-electron chi connectivity index (χ3n) is 7.60. The lowest BCUT2D eigenvalue weighted by atomic mass is 9.77. The standard InChI is InChI=1S/C27H28N2O5/c30-24(21-11-5-6-12-22(21)27(33)34)28-15-13-17-7-1-2-8-18(17)23(28)14-16-29-25(31)19-9-3-4-10-20(19)26(29)32/h1-4,7-10,21-23H,5-6,11-16H2,(H,33,34)/t21?,22?,23-/m0/s1. The molecule has 2 aromatic carbocycles. The SMILES string of the molecule is O=C(O)C1CCCCC1C(=O)N1CCc2ccccc2[C@@H]1CCN1C(=O)c2ccccc2C1=O. The average molecular weight is 461 g/mol. The Morgan fingerprint density at radius 3 is 2.18 bits per heavy atom. The van der Waals surface area contributed by atoms with Crippen molar-refractivity contribution >= 4 is 23.7 Å². The second kappa shape index (κ2) is 9.05. The molecule has 3 atom stereocenters. The molecule has 0 bridgehead atoms. The lowest BCUT2D eigenvalue weighted by Gasteiger charge is -2.41. The van der Waals surface area contributed by atoms with Crippen molar-refractivity contribution in [3.8, 4) is 0 Å². The van der Waals surface area contributed by atoms with E-state index in [1.54, 1.807) is 24.3 Å². The van der Waals surface area contributed by atoms with Crippen LogP contribution in [0, 0.1) is 11.8 Å². The van der Waals surface area contributed by atoms with Gasteiger partial charge in [0.1, 0.15) is 0 Å². The third kappa shape index (κ3) is 3.79. The van der Waals surface area contributed by atoms with Crippen LogP contribution >= 0.6 is 0 Å². The number of hydrogen-bond acceptors (Lipinski definition) is 4. The Morgan fingerprint density at radius 2 is 1.50 bits per heavy atom. The van der Waals surface area contributed by atoms with Crippen molar-refractivity contribution in [2.24, 2.45) is 11.8 Å². The van der Waals surface area contributed by atoms with E-state index in [0.29, 0.717) is 43.4 Å². The summed E-state index contributed by atoms with van der Waals surface area (Å²) < 4.78 is 0. The van der Waals surface area contributed by atoms with Crippen LogP contribution in [-0.2, 0) is 16.0 Å². The van der Waals surface area contributed by atoms with Crippen molar-refractivity contribution in [3.63, 3.8) is 0 Å². The van der Waals surface area contributed by atoms with Gasteiger partial charge in [-0.2, -0.15) is 0 Å². The normalized spacial score (nSPS) is 24.1. The van der Waals surface area contributed by atoms with Gasteiger partial charge in [0, 0.05) is 13.1 Å². The molecule has 176 valence electrons. The predicted octanol–water partition coefficient (Wildman–Crippen LogP) is 3.69. The van der Waals surface area contributed by atoms with Crippen LogP contribution in [0.2, 0.25) is 0 Å². The first kappa shape index (κ1) is 22.3. The molecule has 2 unspecified atom stereocenters. The van der Waals surface area contributed by atoms with Crippen molar-refractivity contribution in [2.45, 2.75) is 44.6 Å². The fourth-order valence-corrected chi connectivity index (χ4v) is 5.86. The fourth-order valence-electron chi connectivity index (χ4n) is 5.86. The molecule has 2 aromatic rings. The second-order valence-electron chi connectivity index (χ2n) is 9.43. The lowest BCUT2D eigenvalue weighted by Crippen LogP contribution is -2.47. The summed E-state index contributed by atoms with van der Waals surface area (Å²) in [4.78, 5) is 54.4. The third-order valence-corrected chi connectivity index (χ3v) is 7.60. The summed E-state index contributed by atoms with van der Waals surface area (Å²) >= 11 is 0. The zero-order valence-electron chi connectivity index (χ0n) is 19.0. The minimum absolute atomic E-state index is 0.117. The molecule has 34 heavy (non-hydrogen) atoms. The van der Waals surface area contributed by atoms with Crippen LogP contribution in [0.5, 0.6) is 0 Å². The molecule has 2 heterocycles. The van der Waals surface area contributed by atoms with Gasteiger partial charge < -0.3 is 10.0 Å². The number of rotatable bonds is 5. The van der Waals surface area contributed by atoms with Crippen LogP contribution < -0.4 is 0 Å². The van der Waals surface area contributed by atoms with Crippen LogP contribution in [0.25, 0.3) is 0 Å². The molecule has 3 amide bonds. The molecular weight excluding hydrogens is 432 g/mol. The van der Waals surface area contributed by atoms with E-state index in [4.69, 9.17) is 0 Å². The summed E-state index contributed by atoms with van der Waals surface area (Å²) in [5.74, 6) is -2.82. The zero-order chi connectivity index (χ0) is 23.8. The predicted molar refractivity (Wildman–Crippen MR) is 124 cm³/mol. The van der Waals surface area contributed by atoms with Crippen molar-refractivity contribution in [2.75, 3.05) is 13.1 Å². The van der Waals surface area contributed by atoms with Crippen molar-refractivity contribution < 1.29 is 24.3 Å². The molecule has 1 saturated carbocycles. The molecule has 1 aliphatic carbocycles. The van der Waals surface area contributed by atoms with Crippen LogP contribution in [0.4, 0.5) is 0 Å². The van der Waals surface area contributed by atoms with Gasteiger partial charge in [0.05, 0.1) is 29.0 Å². The number of fused-ring (bicyclic) bond motifs is 2. The topological polar surface area (TPSA) is 95.0 Å². The molecule has 7 nitrogen and oxygen atoms in total. The average Bonchev–Trinajstić information content (AvgIpc) is 3.11. The number of carbonyl (C=O) groups excluding carboxylic acids is 3. The van der Waals surface area contributed by atoms with Gasteiger partial charge in [-0.05, 0) is 48.9 Å². The van der Waals surface area contributed by atoms with E-state index >= 15 is 0 Å². The quantitative estimate of drug-likeness (QED) is 0.687. The molecule has 2 aliphatic heterocycles. The molecule has 0 spiro atoms. The van der Waals surface area contributed by atoms with Gasteiger partial charge in [-0.25, -0.2) is 0 Å². The van der Waals surface area contributed by atoms with Gasteiger partial charge in [0.25, 0.3) is 11.8 Å². The highest BCUT2D eigenvalue weighted by Gasteiger charge is 2.42. The van der Waals surface area contributed by atoms with Gasteiger partial charge in [-0.1, -0.05) is 49.2 Å². The van der Waals surface area contributed by atoms with Gasteiger partial charge in [0.2, 0.25) is 5.91 Å². The lowest BCUT2D eigenvalue weighted by molar-refractivity contribution is -0.153. The summed E-state index contributed by atoms with van der Waals surface area (Å²) in [5.41, 5.74) is 2.99. The van der Waals surface area contributed by atoms with Crippen molar-refractivity contribution in [1.29, 1.82) is 0 Å². The van der Waals surface area contributed by atoms with E-state index in [-0.39, 0.29) is 30.3 Å². The van der Waals surface area contributed by atoms with Gasteiger partial charge in [-0.15, -0.1) is 0 Å². The summed E-state index contributed by atoms with van der Waals surface area (Å²) in [7, 11) is 0. The molecule has 1 N–H and O–H groups in total. The van der Waals surface area contributed by atoms with E-state index in [1.807, 2.05) is 29.2 Å². The highest BCUT2D eigenvalue weighted by atomic mass is 16.4. The number of imide groups is 1. The first-order valence-corrected chi connectivity index (χ1v) is 12.0. The van der Waals surface area contributed by atoms with Gasteiger partial charge in [0.15, 0.2) is 0 Å². The number of carboxylic acid groups (broad SMARTS) is 1. The zero-order valence-corrected chi connectivity index (χ0v) is 19.0. The first-order chi connectivity index (χ1) is 16.5. The monoisotopic (exact) mass is 460 g/mol. The number of amides is 3. The Balaban J connectivity index is 1.41. The Morgan fingerprint density at radius 1 is 0.882 bits per heavy atom. The highest BCUT2D eigenvalue weighted by Crippen LogP contribution is 2.38. The van der Waals surface area contributed by atoms with Crippen LogP contribution in [-0.4, -0.2) is 51.7 Å². The number of benzene rings is 2. The van der Waals surface area contributed by atoms with E-state index in [2.05, 4.69) is 0 Å². The van der Waals surface area contributed by atoms with Crippen LogP contribution in [0.3, 0.4) is 0 Å².